The second kappa shape index (κ2) is 7.94. The number of nitrogens with one attached hydrogen (secondary N) is 2. The van der Waals surface area contributed by atoms with Crippen LogP contribution in [0.2, 0.25) is 0 Å². The summed E-state index contributed by atoms with van der Waals surface area (Å²) in [6.07, 6.45) is -5.81. The molecule has 0 aliphatic heterocycles. The molecule has 7 nitrogen and oxygen atoms in total. The van der Waals surface area contributed by atoms with Crippen LogP contribution in [0.15, 0.2) is 40.8 Å². The molecule has 0 saturated heterocycles. The van der Waals surface area contributed by atoms with Crippen LogP contribution in [-0.4, -0.2) is 31.1 Å². The van der Waals surface area contributed by atoms with Gasteiger partial charge < -0.3 is 14.5 Å². The highest BCUT2D eigenvalue weighted by Gasteiger charge is 2.30. The molecule has 0 saturated carbocycles. The Labute approximate surface area is 151 Å². The van der Waals surface area contributed by atoms with E-state index in [0.717, 1.165) is 12.1 Å². The zero-order valence-corrected chi connectivity index (χ0v) is 14.2. The Morgan fingerprint density at radius 2 is 1.85 bits per heavy atom. The molecule has 1 unspecified atom stereocenters. The van der Waals surface area contributed by atoms with Gasteiger partial charge in [0.2, 0.25) is 5.76 Å². The van der Waals surface area contributed by atoms with E-state index in [0.29, 0.717) is 0 Å². The maximum atomic E-state index is 12.8. The Kier molecular flexibility index (Phi) is 5.88. The van der Waals surface area contributed by atoms with Crippen LogP contribution in [0.5, 0.6) is 0 Å². The van der Waals surface area contributed by atoms with Crippen molar-refractivity contribution in [1.29, 1.82) is 0 Å². The minimum atomic E-state index is -4.52. The average Bonchev–Trinajstić information content (AvgIpc) is 3.11. The van der Waals surface area contributed by atoms with E-state index in [4.69, 9.17) is 9.15 Å². The second-order valence-electron chi connectivity index (χ2n) is 5.36. The lowest BCUT2D eigenvalue weighted by Crippen LogP contribution is -2.43. The quantitative estimate of drug-likeness (QED) is 0.790. The highest BCUT2D eigenvalue weighted by molar-refractivity contribution is 5.98. The molecule has 0 bridgehead atoms. The van der Waals surface area contributed by atoms with E-state index >= 15 is 0 Å². The molecule has 0 aliphatic rings. The molecule has 2 N–H and O–H groups in total. The van der Waals surface area contributed by atoms with E-state index in [1.165, 1.54) is 38.2 Å². The minimum Gasteiger partial charge on any atom is -0.449 e. The predicted octanol–water partition coefficient (Wildman–Crippen LogP) is 2.97. The number of carbonyl (C=O) groups excluding carboxylic acids is 3. The lowest BCUT2D eigenvalue weighted by atomic mass is 10.1. The van der Waals surface area contributed by atoms with Gasteiger partial charge in [-0.1, -0.05) is 12.1 Å². The van der Waals surface area contributed by atoms with Crippen molar-refractivity contribution in [3.05, 3.63) is 47.7 Å². The molecular weight excluding hydrogens is 369 g/mol. The van der Waals surface area contributed by atoms with E-state index < -0.39 is 35.8 Å². The van der Waals surface area contributed by atoms with Gasteiger partial charge in [0, 0.05) is 12.6 Å². The largest absolute Gasteiger partial charge is 0.449 e. The highest BCUT2D eigenvalue weighted by Crippen LogP contribution is 2.32. The molecule has 1 aromatic heterocycles. The van der Waals surface area contributed by atoms with Crippen molar-refractivity contribution in [3.63, 3.8) is 0 Å². The lowest BCUT2D eigenvalue weighted by molar-refractivity contribution is -0.137. The molecule has 0 aliphatic carbocycles. The van der Waals surface area contributed by atoms with Crippen LogP contribution in [0.25, 0.3) is 11.3 Å². The average molecular weight is 384 g/mol. The number of carbonyl (C=O) groups is 3. The normalized spacial score (nSPS) is 12.2. The first kappa shape index (κ1) is 20.0. The number of amides is 3. The highest BCUT2D eigenvalue weighted by atomic mass is 19.4. The Morgan fingerprint density at radius 3 is 2.48 bits per heavy atom. The van der Waals surface area contributed by atoms with Crippen molar-refractivity contribution in [3.8, 4) is 11.3 Å². The van der Waals surface area contributed by atoms with Gasteiger partial charge in [0.15, 0.2) is 6.10 Å². The molecule has 0 fully saturated rings. The van der Waals surface area contributed by atoms with E-state index in [1.54, 1.807) is 0 Å². The molecule has 144 valence electrons. The van der Waals surface area contributed by atoms with Crippen molar-refractivity contribution in [1.82, 2.24) is 10.6 Å². The van der Waals surface area contributed by atoms with Gasteiger partial charge in [0.05, 0.1) is 5.56 Å². The van der Waals surface area contributed by atoms with Crippen molar-refractivity contribution < 1.29 is 36.7 Å². The zero-order valence-electron chi connectivity index (χ0n) is 14.2. The van der Waals surface area contributed by atoms with Crippen molar-refractivity contribution in [2.24, 2.45) is 0 Å². The third kappa shape index (κ3) is 5.09. The Morgan fingerprint density at radius 1 is 1.15 bits per heavy atom. The third-order valence-electron chi connectivity index (χ3n) is 3.40. The first-order chi connectivity index (χ1) is 12.6. The fraction of sp³-hybridized carbons (Fsp3) is 0.235. The van der Waals surface area contributed by atoms with Crippen LogP contribution < -0.4 is 10.6 Å². The van der Waals surface area contributed by atoms with E-state index in [2.05, 4.69) is 5.32 Å². The molecule has 1 aromatic carbocycles. The van der Waals surface area contributed by atoms with Gasteiger partial charge in [-0.15, -0.1) is 0 Å². The van der Waals surface area contributed by atoms with Crippen LogP contribution in [0.3, 0.4) is 0 Å². The molecular formula is C17H15F3N2O5. The first-order valence-electron chi connectivity index (χ1n) is 7.63. The van der Waals surface area contributed by atoms with Gasteiger partial charge >= 0.3 is 18.2 Å². The fourth-order valence-electron chi connectivity index (χ4n) is 2.00. The maximum Gasteiger partial charge on any atom is 0.416 e. The summed E-state index contributed by atoms with van der Waals surface area (Å²) >= 11 is 0. The summed E-state index contributed by atoms with van der Waals surface area (Å²) < 4.78 is 48.4. The molecule has 2 aromatic rings. The number of hydrogen-bond acceptors (Lipinski definition) is 5. The number of halogens is 3. The van der Waals surface area contributed by atoms with Crippen LogP contribution in [0, 0.1) is 0 Å². The van der Waals surface area contributed by atoms with Crippen molar-refractivity contribution in [2.75, 3.05) is 7.05 Å². The minimum absolute atomic E-state index is 0.0236. The number of esters is 1. The van der Waals surface area contributed by atoms with Crippen LogP contribution >= 0.6 is 0 Å². The topological polar surface area (TPSA) is 97.6 Å². The zero-order chi connectivity index (χ0) is 20.2. The van der Waals surface area contributed by atoms with Crippen LogP contribution in [0.1, 0.15) is 23.0 Å². The molecule has 10 heteroatoms. The van der Waals surface area contributed by atoms with Gasteiger partial charge in [0.25, 0.3) is 5.91 Å². The summed E-state index contributed by atoms with van der Waals surface area (Å²) in [4.78, 5) is 34.7. The Bertz CT molecular complexity index is 860. The number of ether oxygens (including phenoxy) is 1. The molecule has 1 atom stereocenters. The summed E-state index contributed by atoms with van der Waals surface area (Å²) in [5.74, 6) is -2.14. The number of benzene rings is 1. The maximum absolute atomic E-state index is 12.8. The molecule has 27 heavy (non-hydrogen) atoms. The van der Waals surface area contributed by atoms with E-state index in [-0.39, 0.29) is 17.1 Å². The predicted molar refractivity (Wildman–Crippen MR) is 86.6 cm³/mol. The molecule has 1 heterocycles. The fourth-order valence-corrected chi connectivity index (χ4v) is 2.00. The third-order valence-corrected chi connectivity index (χ3v) is 3.40. The van der Waals surface area contributed by atoms with E-state index in [1.807, 2.05) is 5.32 Å². The number of urea groups is 1. The van der Waals surface area contributed by atoms with Gasteiger partial charge in [0.1, 0.15) is 5.76 Å². The molecule has 2 rings (SSSR count). The number of hydrogen-bond donors (Lipinski definition) is 2. The summed E-state index contributed by atoms with van der Waals surface area (Å²) in [6.45, 7) is 1.24. The second-order valence-corrected chi connectivity index (χ2v) is 5.36. The molecule has 3 amide bonds. The van der Waals surface area contributed by atoms with Crippen molar-refractivity contribution >= 4 is 17.9 Å². The van der Waals surface area contributed by atoms with Crippen LogP contribution in [-0.2, 0) is 15.7 Å². The lowest BCUT2D eigenvalue weighted by Gasteiger charge is -2.11. The summed E-state index contributed by atoms with van der Waals surface area (Å²) in [7, 11) is 1.30. The van der Waals surface area contributed by atoms with Crippen molar-refractivity contribution in [2.45, 2.75) is 19.2 Å². The number of rotatable bonds is 4. The molecule has 0 spiro atoms. The van der Waals surface area contributed by atoms with Gasteiger partial charge in [-0.2, -0.15) is 13.2 Å². The van der Waals surface area contributed by atoms with Gasteiger partial charge in [-0.25, -0.2) is 9.59 Å². The Hall–Kier alpha value is -3.30. The summed E-state index contributed by atoms with van der Waals surface area (Å²) in [5, 5.41) is 4.10. The monoisotopic (exact) mass is 384 g/mol. The number of furan rings is 1. The first-order valence-corrected chi connectivity index (χ1v) is 7.63. The Balaban J connectivity index is 2.10. The SMILES string of the molecule is CNC(=O)NC(=O)C(C)OC(=O)c1ccc(-c2cccc(C(F)(F)F)c2)o1. The number of imide groups is 1. The summed E-state index contributed by atoms with van der Waals surface area (Å²) in [5.41, 5.74) is -0.741. The number of alkyl halides is 3. The molecule has 0 radical (unpaired) electrons. The van der Waals surface area contributed by atoms with Gasteiger partial charge in [-0.05, 0) is 31.2 Å². The van der Waals surface area contributed by atoms with Crippen LogP contribution in [0.4, 0.5) is 18.0 Å². The van der Waals surface area contributed by atoms with Gasteiger partial charge in [-0.3, -0.25) is 10.1 Å². The smallest absolute Gasteiger partial charge is 0.416 e. The summed E-state index contributed by atoms with van der Waals surface area (Å²) in [6, 6.07) is 6.14. The standard InChI is InChI=1S/C17H15F3N2O5/c1-9(14(23)22-16(25)21-2)26-15(24)13-7-6-12(27-13)10-4-3-5-11(8-10)17(18,19)20/h3-9H,1-2H3,(H2,21,22,23,25). The van der Waals surface area contributed by atoms with E-state index in [9.17, 15) is 27.6 Å².